The number of aromatic nitrogens is 1. The summed E-state index contributed by atoms with van der Waals surface area (Å²) in [4.78, 5) is 26.9. The number of piperidine rings is 1. The van der Waals surface area contributed by atoms with Crippen LogP contribution in [0.2, 0.25) is 0 Å². The van der Waals surface area contributed by atoms with Gasteiger partial charge in [0.1, 0.15) is 11.6 Å². The van der Waals surface area contributed by atoms with Crippen molar-refractivity contribution in [3.63, 3.8) is 0 Å². The minimum atomic E-state index is -0.483. The third-order valence-electron chi connectivity index (χ3n) is 8.64. The summed E-state index contributed by atoms with van der Waals surface area (Å²) < 4.78 is 28.7. The molecule has 1 aromatic heterocycles. The van der Waals surface area contributed by atoms with Crippen LogP contribution in [-0.4, -0.2) is 58.1 Å². The van der Waals surface area contributed by atoms with Gasteiger partial charge in [0.15, 0.2) is 0 Å². The lowest BCUT2D eigenvalue weighted by Gasteiger charge is -2.41. The SMILES string of the molecule is Cc1cc(C2=NCC3=C2CN(C(=O)CC2CC[C@H]4CC[C@@H]2N4Cc2c(F)cccc2F)CC3)ccn1. The van der Waals surface area contributed by atoms with Crippen LogP contribution in [0.15, 0.2) is 52.7 Å². The van der Waals surface area contributed by atoms with E-state index < -0.39 is 11.6 Å². The highest BCUT2D eigenvalue weighted by atomic mass is 19.1. The van der Waals surface area contributed by atoms with Crippen molar-refractivity contribution in [2.75, 3.05) is 19.6 Å². The Balaban J connectivity index is 1.14. The number of hydrogen-bond donors (Lipinski definition) is 0. The summed E-state index contributed by atoms with van der Waals surface area (Å²) >= 11 is 0. The average molecular weight is 491 g/mol. The van der Waals surface area contributed by atoms with Crippen molar-refractivity contribution in [2.45, 2.75) is 64.1 Å². The Kier molecular flexibility index (Phi) is 6.20. The van der Waals surface area contributed by atoms with Gasteiger partial charge in [-0.1, -0.05) is 6.07 Å². The zero-order valence-electron chi connectivity index (χ0n) is 20.7. The van der Waals surface area contributed by atoms with Gasteiger partial charge < -0.3 is 4.90 Å². The van der Waals surface area contributed by atoms with Crippen molar-refractivity contribution in [1.82, 2.24) is 14.8 Å². The molecule has 3 atom stereocenters. The first kappa shape index (κ1) is 23.5. The summed E-state index contributed by atoms with van der Waals surface area (Å²) in [6.45, 7) is 4.33. The number of carbonyl (C=O) groups is 1. The molecule has 2 bridgehead atoms. The molecule has 7 heteroatoms. The number of carbonyl (C=O) groups excluding carboxylic acids is 1. The molecule has 0 aliphatic carbocycles. The second kappa shape index (κ2) is 9.51. The van der Waals surface area contributed by atoms with Gasteiger partial charge >= 0.3 is 0 Å². The Bertz CT molecular complexity index is 1240. The zero-order chi connectivity index (χ0) is 24.8. The highest BCUT2D eigenvalue weighted by Crippen LogP contribution is 2.42. The molecule has 1 unspecified atom stereocenters. The number of amides is 1. The lowest BCUT2D eigenvalue weighted by Crippen LogP contribution is -2.47. The fourth-order valence-corrected chi connectivity index (χ4v) is 6.75. The molecule has 0 saturated carbocycles. The zero-order valence-corrected chi connectivity index (χ0v) is 20.7. The molecule has 5 heterocycles. The highest BCUT2D eigenvalue weighted by Gasteiger charge is 2.43. The molecule has 0 N–H and O–H groups in total. The second-order valence-electron chi connectivity index (χ2n) is 10.7. The third-order valence-corrected chi connectivity index (χ3v) is 8.64. The van der Waals surface area contributed by atoms with E-state index in [1.54, 1.807) is 0 Å². The molecule has 2 aromatic rings. The fraction of sp³-hybridized carbons (Fsp3) is 0.483. The van der Waals surface area contributed by atoms with Crippen LogP contribution >= 0.6 is 0 Å². The quantitative estimate of drug-likeness (QED) is 0.603. The fourth-order valence-electron chi connectivity index (χ4n) is 6.75. The van der Waals surface area contributed by atoms with Gasteiger partial charge in [0.2, 0.25) is 5.91 Å². The van der Waals surface area contributed by atoms with Crippen molar-refractivity contribution in [3.8, 4) is 0 Å². The number of aryl methyl sites for hydroxylation is 1. The van der Waals surface area contributed by atoms with Crippen molar-refractivity contribution in [3.05, 3.63) is 76.1 Å². The number of rotatable bonds is 5. The minimum Gasteiger partial charge on any atom is -0.338 e. The predicted molar refractivity (Wildman–Crippen MR) is 135 cm³/mol. The van der Waals surface area contributed by atoms with E-state index in [9.17, 15) is 13.6 Å². The number of benzene rings is 1. The molecule has 1 amide bonds. The first-order valence-corrected chi connectivity index (χ1v) is 13.1. The number of halogens is 2. The topological polar surface area (TPSA) is 48.8 Å². The predicted octanol–water partition coefficient (Wildman–Crippen LogP) is 4.83. The third kappa shape index (κ3) is 4.27. The number of pyridine rings is 1. The van der Waals surface area contributed by atoms with Gasteiger partial charge in [-0.3, -0.25) is 19.7 Å². The van der Waals surface area contributed by atoms with Crippen LogP contribution in [0.5, 0.6) is 0 Å². The molecule has 0 spiro atoms. The van der Waals surface area contributed by atoms with E-state index in [2.05, 4.69) is 16.0 Å². The van der Waals surface area contributed by atoms with Gasteiger partial charge in [-0.05, 0) is 80.4 Å². The van der Waals surface area contributed by atoms with Gasteiger partial charge in [-0.25, -0.2) is 8.78 Å². The van der Waals surface area contributed by atoms with Crippen molar-refractivity contribution >= 4 is 11.6 Å². The van der Waals surface area contributed by atoms with Crippen molar-refractivity contribution < 1.29 is 13.6 Å². The summed E-state index contributed by atoms with van der Waals surface area (Å²) in [5.74, 6) is -0.557. The maximum absolute atomic E-state index is 14.4. The number of nitrogens with zero attached hydrogens (tertiary/aromatic N) is 4. The molecule has 1 aromatic carbocycles. The summed E-state index contributed by atoms with van der Waals surface area (Å²) in [7, 11) is 0. The molecule has 36 heavy (non-hydrogen) atoms. The van der Waals surface area contributed by atoms with Crippen LogP contribution in [0.4, 0.5) is 8.78 Å². The van der Waals surface area contributed by atoms with E-state index in [1.807, 2.05) is 24.1 Å². The van der Waals surface area contributed by atoms with E-state index >= 15 is 0 Å². The molecule has 2 fully saturated rings. The van der Waals surface area contributed by atoms with Crippen molar-refractivity contribution in [2.24, 2.45) is 10.9 Å². The molecule has 5 nitrogen and oxygen atoms in total. The van der Waals surface area contributed by atoms with Crippen LogP contribution in [0.1, 0.15) is 55.3 Å². The van der Waals surface area contributed by atoms with E-state index in [1.165, 1.54) is 29.3 Å². The molecule has 6 rings (SSSR count). The standard InChI is InChI=1S/C29H32F2N4O/c1-18-13-20(9-11-32-18)29-23-16-34(12-10-21(23)15-33-29)28(36)14-19-5-6-22-7-8-27(19)35(22)17-24-25(30)3-2-4-26(24)31/h2-4,9,11,13,19,22,27H,5-8,10,12,14-17H2,1H3/t19?,22-,27-/m0/s1. The van der Waals surface area contributed by atoms with E-state index in [0.29, 0.717) is 19.0 Å². The molecule has 0 radical (unpaired) electrons. The lowest BCUT2D eigenvalue weighted by molar-refractivity contribution is -0.133. The largest absolute Gasteiger partial charge is 0.338 e. The normalized spacial score (nSPS) is 25.8. The van der Waals surface area contributed by atoms with E-state index in [0.717, 1.165) is 62.2 Å². The Hall–Kier alpha value is -2.93. The summed E-state index contributed by atoms with van der Waals surface area (Å²) in [6, 6.07) is 8.68. The molecular weight excluding hydrogens is 458 g/mol. The Morgan fingerprint density at radius 3 is 2.72 bits per heavy atom. The van der Waals surface area contributed by atoms with Gasteiger partial charge in [0, 0.05) is 61.2 Å². The van der Waals surface area contributed by atoms with Crippen LogP contribution in [0.25, 0.3) is 0 Å². The monoisotopic (exact) mass is 490 g/mol. The first-order chi connectivity index (χ1) is 17.5. The second-order valence-corrected chi connectivity index (χ2v) is 10.7. The number of fused-ring (bicyclic) bond motifs is 2. The van der Waals surface area contributed by atoms with Gasteiger partial charge in [-0.2, -0.15) is 0 Å². The average Bonchev–Trinajstić information content (AvgIpc) is 3.41. The van der Waals surface area contributed by atoms with Gasteiger partial charge in [0.05, 0.1) is 12.3 Å². The van der Waals surface area contributed by atoms with Crippen LogP contribution < -0.4 is 0 Å². The maximum atomic E-state index is 14.4. The summed E-state index contributed by atoms with van der Waals surface area (Å²) in [6.07, 6.45) is 7.20. The minimum absolute atomic E-state index is 0.149. The van der Waals surface area contributed by atoms with E-state index in [4.69, 9.17) is 4.99 Å². The highest BCUT2D eigenvalue weighted by molar-refractivity contribution is 6.15. The van der Waals surface area contributed by atoms with Crippen LogP contribution in [-0.2, 0) is 11.3 Å². The Morgan fingerprint density at radius 1 is 1.11 bits per heavy atom. The Labute approximate surface area is 210 Å². The molecular formula is C29H32F2N4O. The smallest absolute Gasteiger partial charge is 0.223 e. The van der Waals surface area contributed by atoms with Gasteiger partial charge in [0.25, 0.3) is 0 Å². The summed E-state index contributed by atoms with van der Waals surface area (Å²) in [5.41, 5.74) is 5.72. The molecule has 4 aliphatic heterocycles. The van der Waals surface area contributed by atoms with Crippen molar-refractivity contribution in [1.29, 1.82) is 0 Å². The summed E-state index contributed by atoms with van der Waals surface area (Å²) in [5, 5.41) is 0. The first-order valence-electron chi connectivity index (χ1n) is 13.1. The van der Waals surface area contributed by atoms with Crippen LogP contribution in [0.3, 0.4) is 0 Å². The molecule has 2 saturated heterocycles. The Morgan fingerprint density at radius 2 is 1.92 bits per heavy atom. The lowest BCUT2D eigenvalue weighted by atomic mass is 9.86. The van der Waals surface area contributed by atoms with Gasteiger partial charge in [-0.15, -0.1) is 0 Å². The molecule has 4 aliphatic rings. The number of aliphatic imine (C=N–C) groups is 1. The number of hydrogen-bond acceptors (Lipinski definition) is 4. The van der Waals surface area contributed by atoms with E-state index in [-0.39, 0.29) is 30.0 Å². The maximum Gasteiger partial charge on any atom is 0.223 e. The van der Waals surface area contributed by atoms with Crippen LogP contribution in [0, 0.1) is 24.5 Å². The molecule has 188 valence electrons.